The molecule has 0 aliphatic heterocycles. The number of alkyl halides is 1. The fourth-order valence-corrected chi connectivity index (χ4v) is 4.24. The van der Waals surface area contributed by atoms with E-state index in [9.17, 15) is 18.0 Å². The van der Waals surface area contributed by atoms with Crippen molar-refractivity contribution in [2.24, 2.45) is 0 Å². The van der Waals surface area contributed by atoms with E-state index in [-0.39, 0.29) is 13.0 Å². The standard InChI is InChI=1S/C25H41BrN2O7S/c1-18-9-10-21(28(12-11-26)13-14-33-36(8,31)32)19(15-18)16-20(17-22(29)34-24(2,3)4)27-23(30)35-25(5,6)7/h9-10,15,20H,11-14,16-17H2,1-8H3,(H,27,30)/t20-/m0/s1. The maximum absolute atomic E-state index is 12.6. The van der Waals surface area contributed by atoms with Crippen molar-refractivity contribution in [3.63, 3.8) is 0 Å². The number of hydrogen-bond acceptors (Lipinski definition) is 8. The molecule has 0 radical (unpaired) electrons. The number of nitrogens with zero attached hydrogens (tertiary/aromatic N) is 1. The van der Waals surface area contributed by atoms with Gasteiger partial charge in [-0.05, 0) is 66.5 Å². The van der Waals surface area contributed by atoms with Crippen LogP contribution in [0.25, 0.3) is 0 Å². The van der Waals surface area contributed by atoms with Gasteiger partial charge in [-0.25, -0.2) is 4.79 Å². The molecular weight excluding hydrogens is 552 g/mol. The van der Waals surface area contributed by atoms with Gasteiger partial charge < -0.3 is 19.7 Å². The summed E-state index contributed by atoms with van der Waals surface area (Å²) >= 11 is 3.45. The van der Waals surface area contributed by atoms with Gasteiger partial charge in [-0.3, -0.25) is 8.98 Å². The highest BCUT2D eigenvalue weighted by molar-refractivity contribution is 9.09. The van der Waals surface area contributed by atoms with Crippen LogP contribution in [-0.2, 0) is 35.0 Å². The second-order valence-corrected chi connectivity index (χ2v) is 13.1. The molecule has 1 rings (SSSR count). The molecule has 11 heteroatoms. The Morgan fingerprint density at radius 3 is 2.19 bits per heavy atom. The molecule has 0 saturated carbocycles. The Morgan fingerprint density at radius 2 is 1.67 bits per heavy atom. The zero-order chi connectivity index (χ0) is 27.7. The average Bonchev–Trinajstić information content (AvgIpc) is 2.63. The van der Waals surface area contributed by atoms with Crippen molar-refractivity contribution >= 4 is 43.8 Å². The summed E-state index contributed by atoms with van der Waals surface area (Å²) in [7, 11) is -3.56. The minimum Gasteiger partial charge on any atom is -0.460 e. The third kappa shape index (κ3) is 14.0. The molecule has 36 heavy (non-hydrogen) atoms. The highest BCUT2D eigenvalue weighted by Gasteiger charge is 2.26. The second-order valence-electron chi connectivity index (χ2n) is 10.7. The van der Waals surface area contributed by atoms with Gasteiger partial charge in [-0.1, -0.05) is 33.6 Å². The van der Waals surface area contributed by atoms with Gasteiger partial charge in [0, 0.05) is 30.1 Å². The van der Waals surface area contributed by atoms with E-state index in [0.29, 0.717) is 24.8 Å². The van der Waals surface area contributed by atoms with Crippen LogP contribution in [0.1, 0.15) is 59.1 Å². The second kappa shape index (κ2) is 13.6. The third-order valence-corrected chi connectivity index (χ3v) is 5.56. The summed E-state index contributed by atoms with van der Waals surface area (Å²) in [5.74, 6) is -0.434. The molecule has 0 fully saturated rings. The number of ether oxygens (including phenoxy) is 2. The monoisotopic (exact) mass is 592 g/mol. The van der Waals surface area contributed by atoms with Gasteiger partial charge in [-0.2, -0.15) is 8.42 Å². The van der Waals surface area contributed by atoms with Crippen LogP contribution in [-0.4, -0.2) is 69.0 Å². The molecule has 0 spiro atoms. The van der Waals surface area contributed by atoms with Crippen LogP contribution in [0.2, 0.25) is 0 Å². The summed E-state index contributed by atoms with van der Waals surface area (Å²) in [5, 5.41) is 3.48. The van der Waals surface area contributed by atoms with Gasteiger partial charge in [0.2, 0.25) is 0 Å². The number of carbonyl (C=O) groups excluding carboxylic acids is 2. The Kier molecular flexibility index (Phi) is 12.2. The molecule has 0 heterocycles. The van der Waals surface area contributed by atoms with Crippen LogP contribution in [0.4, 0.5) is 10.5 Å². The van der Waals surface area contributed by atoms with Gasteiger partial charge in [0.1, 0.15) is 11.2 Å². The molecule has 1 aromatic rings. The van der Waals surface area contributed by atoms with Crippen molar-refractivity contribution in [3.05, 3.63) is 29.3 Å². The third-order valence-electron chi connectivity index (χ3n) is 4.61. The maximum Gasteiger partial charge on any atom is 0.407 e. The first-order valence-corrected chi connectivity index (χ1v) is 14.8. The van der Waals surface area contributed by atoms with Crippen LogP contribution in [0, 0.1) is 6.92 Å². The number of alkyl carbamates (subject to hydrolysis) is 1. The Hall–Kier alpha value is -1.85. The van der Waals surface area contributed by atoms with E-state index in [0.717, 1.165) is 23.1 Å². The first-order chi connectivity index (χ1) is 16.4. The Balaban J connectivity index is 3.25. The number of esters is 1. The number of amides is 1. The molecule has 1 aromatic carbocycles. The van der Waals surface area contributed by atoms with E-state index in [1.807, 2.05) is 30.0 Å². The van der Waals surface area contributed by atoms with E-state index in [2.05, 4.69) is 21.2 Å². The van der Waals surface area contributed by atoms with Gasteiger partial charge in [0.15, 0.2) is 0 Å². The van der Waals surface area contributed by atoms with E-state index >= 15 is 0 Å². The number of hydrogen-bond donors (Lipinski definition) is 1. The number of anilines is 1. The van der Waals surface area contributed by atoms with E-state index in [1.54, 1.807) is 41.5 Å². The maximum atomic E-state index is 12.6. The largest absolute Gasteiger partial charge is 0.460 e. The van der Waals surface area contributed by atoms with Crippen molar-refractivity contribution in [1.82, 2.24) is 5.32 Å². The predicted molar refractivity (Wildman–Crippen MR) is 145 cm³/mol. The van der Waals surface area contributed by atoms with Crippen molar-refractivity contribution in [2.45, 2.75) is 78.6 Å². The molecule has 1 amide bonds. The van der Waals surface area contributed by atoms with Crippen LogP contribution in [0.5, 0.6) is 0 Å². The Labute approximate surface area is 224 Å². The van der Waals surface area contributed by atoms with Crippen molar-refractivity contribution < 1.29 is 31.7 Å². The van der Waals surface area contributed by atoms with Crippen LogP contribution < -0.4 is 10.2 Å². The molecule has 9 nitrogen and oxygen atoms in total. The number of rotatable bonds is 12. The predicted octanol–water partition coefficient (Wildman–Crippen LogP) is 4.34. The summed E-state index contributed by atoms with van der Waals surface area (Å²) in [4.78, 5) is 27.2. The van der Waals surface area contributed by atoms with Gasteiger partial charge in [-0.15, -0.1) is 0 Å². The normalized spacial score (nSPS) is 13.1. The number of nitrogens with one attached hydrogen (secondary N) is 1. The SMILES string of the molecule is Cc1ccc(N(CCBr)CCOS(C)(=O)=O)c(C[C@@H](CC(=O)OC(C)(C)C)NC(=O)OC(C)(C)C)c1. The molecule has 206 valence electrons. The molecule has 0 aliphatic carbocycles. The lowest BCUT2D eigenvalue weighted by Crippen LogP contribution is -2.42. The van der Waals surface area contributed by atoms with Crippen LogP contribution in [0.3, 0.4) is 0 Å². The number of carbonyl (C=O) groups is 2. The fraction of sp³-hybridized carbons (Fsp3) is 0.680. The molecule has 0 unspecified atom stereocenters. The first-order valence-electron chi connectivity index (χ1n) is 11.8. The Morgan fingerprint density at radius 1 is 1.06 bits per heavy atom. The molecule has 0 aromatic heterocycles. The molecule has 1 N–H and O–H groups in total. The minimum absolute atomic E-state index is 0.00333. The zero-order valence-corrected chi connectivity index (χ0v) is 25.0. The van der Waals surface area contributed by atoms with E-state index < -0.39 is 39.4 Å². The summed E-state index contributed by atoms with van der Waals surface area (Å²) in [6.07, 6.45) is 0.688. The fourth-order valence-electron chi connectivity index (χ4n) is 3.44. The minimum atomic E-state index is -3.56. The lowest BCUT2D eigenvalue weighted by Gasteiger charge is -2.29. The van der Waals surface area contributed by atoms with E-state index in [1.165, 1.54) is 0 Å². The molecule has 0 saturated heterocycles. The van der Waals surface area contributed by atoms with E-state index in [4.69, 9.17) is 13.7 Å². The van der Waals surface area contributed by atoms with Crippen molar-refractivity contribution in [1.29, 1.82) is 0 Å². The highest BCUT2D eigenvalue weighted by atomic mass is 79.9. The number of aryl methyl sites for hydroxylation is 1. The van der Waals surface area contributed by atoms with Crippen LogP contribution >= 0.6 is 15.9 Å². The summed E-state index contributed by atoms with van der Waals surface area (Å²) < 4.78 is 38.7. The van der Waals surface area contributed by atoms with Gasteiger partial charge in [0.05, 0.1) is 19.3 Å². The topological polar surface area (TPSA) is 111 Å². The van der Waals surface area contributed by atoms with Crippen molar-refractivity contribution in [3.8, 4) is 0 Å². The molecule has 1 atom stereocenters. The lowest BCUT2D eigenvalue weighted by atomic mass is 9.99. The molecular formula is C25H41BrN2O7S. The van der Waals surface area contributed by atoms with Crippen molar-refractivity contribution in [2.75, 3.05) is 36.2 Å². The number of benzene rings is 1. The molecule has 0 aliphatic rings. The lowest BCUT2D eigenvalue weighted by molar-refractivity contribution is -0.155. The van der Waals surface area contributed by atoms with Crippen LogP contribution in [0.15, 0.2) is 18.2 Å². The molecule has 0 bridgehead atoms. The highest BCUT2D eigenvalue weighted by Crippen LogP contribution is 2.25. The first kappa shape index (κ1) is 32.2. The summed E-state index contributed by atoms with van der Waals surface area (Å²) in [5.41, 5.74) is 1.40. The smallest absolute Gasteiger partial charge is 0.407 e. The van der Waals surface area contributed by atoms with Gasteiger partial charge in [0.25, 0.3) is 10.1 Å². The zero-order valence-electron chi connectivity index (χ0n) is 22.6. The van der Waals surface area contributed by atoms with Gasteiger partial charge >= 0.3 is 12.1 Å². The average molecular weight is 594 g/mol. The summed E-state index contributed by atoms with van der Waals surface area (Å²) in [6.45, 7) is 13.6. The number of halogens is 1. The quantitative estimate of drug-likeness (QED) is 0.217. The Bertz CT molecular complexity index is 955. The summed E-state index contributed by atoms with van der Waals surface area (Å²) in [6, 6.07) is 5.31.